The topological polar surface area (TPSA) is 37.8 Å². The fraction of sp³-hybridized carbons (Fsp3) is 0.375. The first kappa shape index (κ1) is 14.6. The summed E-state index contributed by atoms with van der Waals surface area (Å²) in [6.07, 6.45) is 1.72. The minimum absolute atomic E-state index is 0.266. The standard InChI is InChI=1S/C16H20FN3/c1-11(2)9-18-10-14-6-7-19-16(20-14)15-8-13(17)5-4-12(15)3/h4-8,11,18H,9-10H2,1-3H3. The molecule has 1 aromatic heterocycles. The molecule has 2 rings (SSSR count). The molecule has 0 saturated heterocycles. The summed E-state index contributed by atoms with van der Waals surface area (Å²) in [4.78, 5) is 8.75. The second-order valence-electron chi connectivity index (χ2n) is 5.36. The van der Waals surface area contributed by atoms with Crippen molar-refractivity contribution in [3.63, 3.8) is 0 Å². The van der Waals surface area contributed by atoms with Crippen LogP contribution in [0.1, 0.15) is 25.1 Å². The molecule has 0 bridgehead atoms. The lowest BCUT2D eigenvalue weighted by Crippen LogP contribution is -2.19. The maximum Gasteiger partial charge on any atom is 0.159 e. The molecule has 0 aliphatic heterocycles. The van der Waals surface area contributed by atoms with Gasteiger partial charge in [-0.3, -0.25) is 0 Å². The van der Waals surface area contributed by atoms with Crippen LogP contribution in [-0.2, 0) is 6.54 Å². The highest BCUT2D eigenvalue weighted by Gasteiger charge is 2.07. The van der Waals surface area contributed by atoms with Gasteiger partial charge >= 0.3 is 0 Å². The van der Waals surface area contributed by atoms with Crippen LogP contribution in [0.15, 0.2) is 30.5 Å². The smallest absolute Gasteiger partial charge is 0.159 e. The Morgan fingerprint density at radius 2 is 2.05 bits per heavy atom. The van der Waals surface area contributed by atoms with Gasteiger partial charge in [-0.15, -0.1) is 0 Å². The van der Waals surface area contributed by atoms with Crippen LogP contribution in [0.2, 0.25) is 0 Å². The Kier molecular flexibility index (Phi) is 4.79. The molecule has 20 heavy (non-hydrogen) atoms. The van der Waals surface area contributed by atoms with Crippen molar-refractivity contribution in [2.24, 2.45) is 5.92 Å². The van der Waals surface area contributed by atoms with E-state index in [0.29, 0.717) is 18.3 Å². The van der Waals surface area contributed by atoms with Crippen molar-refractivity contribution in [1.29, 1.82) is 0 Å². The van der Waals surface area contributed by atoms with E-state index in [2.05, 4.69) is 29.1 Å². The first-order valence-corrected chi connectivity index (χ1v) is 6.85. The largest absolute Gasteiger partial charge is 0.311 e. The number of benzene rings is 1. The number of hydrogen-bond acceptors (Lipinski definition) is 3. The molecule has 2 aromatic rings. The predicted octanol–water partition coefficient (Wildman–Crippen LogP) is 3.34. The van der Waals surface area contributed by atoms with Gasteiger partial charge in [-0.2, -0.15) is 0 Å². The summed E-state index contributed by atoms with van der Waals surface area (Å²) in [6, 6.07) is 6.56. The van der Waals surface area contributed by atoms with Gasteiger partial charge in [0.15, 0.2) is 5.82 Å². The highest BCUT2D eigenvalue weighted by Crippen LogP contribution is 2.20. The third-order valence-corrected chi connectivity index (χ3v) is 3.01. The number of halogens is 1. The fourth-order valence-corrected chi connectivity index (χ4v) is 1.95. The first-order chi connectivity index (χ1) is 9.56. The second kappa shape index (κ2) is 6.57. The molecular weight excluding hydrogens is 253 g/mol. The van der Waals surface area contributed by atoms with Crippen LogP contribution in [0.4, 0.5) is 4.39 Å². The van der Waals surface area contributed by atoms with Gasteiger partial charge in [0.25, 0.3) is 0 Å². The zero-order valence-electron chi connectivity index (χ0n) is 12.2. The molecule has 0 aliphatic rings. The van der Waals surface area contributed by atoms with E-state index in [1.54, 1.807) is 12.3 Å². The lowest BCUT2D eigenvalue weighted by Gasteiger charge is -2.09. The fourth-order valence-electron chi connectivity index (χ4n) is 1.95. The molecule has 1 aromatic carbocycles. The van der Waals surface area contributed by atoms with Crippen molar-refractivity contribution in [2.75, 3.05) is 6.54 Å². The molecule has 4 heteroatoms. The zero-order chi connectivity index (χ0) is 14.5. The summed E-state index contributed by atoms with van der Waals surface area (Å²) in [5.41, 5.74) is 2.63. The predicted molar refractivity (Wildman–Crippen MR) is 78.7 cm³/mol. The minimum Gasteiger partial charge on any atom is -0.311 e. The molecule has 0 atom stereocenters. The number of rotatable bonds is 5. The van der Waals surface area contributed by atoms with Crippen molar-refractivity contribution in [3.05, 3.63) is 47.5 Å². The lowest BCUT2D eigenvalue weighted by molar-refractivity contribution is 0.548. The molecule has 1 N–H and O–H groups in total. The molecule has 0 radical (unpaired) electrons. The molecule has 1 heterocycles. The van der Waals surface area contributed by atoms with Crippen LogP contribution in [0.3, 0.4) is 0 Å². The number of nitrogens with zero attached hydrogens (tertiary/aromatic N) is 2. The molecule has 0 spiro atoms. The summed E-state index contributed by atoms with van der Waals surface area (Å²) in [7, 11) is 0. The quantitative estimate of drug-likeness (QED) is 0.908. The van der Waals surface area contributed by atoms with E-state index in [4.69, 9.17) is 0 Å². The van der Waals surface area contributed by atoms with Crippen molar-refractivity contribution in [3.8, 4) is 11.4 Å². The number of aryl methyl sites for hydroxylation is 1. The van der Waals surface area contributed by atoms with Crippen LogP contribution in [0.25, 0.3) is 11.4 Å². The van der Waals surface area contributed by atoms with E-state index in [0.717, 1.165) is 23.4 Å². The monoisotopic (exact) mass is 273 g/mol. The van der Waals surface area contributed by atoms with Crippen molar-refractivity contribution in [1.82, 2.24) is 15.3 Å². The number of nitrogens with one attached hydrogen (secondary N) is 1. The van der Waals surface area contributed by atoms with Gasteiger partial charge in [-0.25, -0.2) is 14.4 Å². The van der Waals surface area contributed by atoms with Crippen LogP contribution in [-0.4, -0.2) is 16.5 Å². The Balaban J connectivity index is 2.19. The van der Waals surface area contributed by atoms with Gasteiger partial charge in [-0.1, -0.05) is 19.9 Å². The molecule has 0 fully saturated rings. The summed E-state index contributed by atoms with van der Waals surface area (Å²) in [6.45, 7) is 7.89. The molecule has 0 saturated carbocycles. The molecular formula is C16H20FN3. The molecule has 0 aliphatic carbocycles. The normalized spacial score (nSPS) is 11.1. The maximum atomic E-state index is 13.4. The van der Waals surface area contributed by atoms with Gasteiger partial charge < -0.3 is 5.32 Å². The summed E-state index contributed by atoms with van der Waals surface area (Å²) >= 11 is 0. The maximum absolute atomic E-state index is 13.4. The van der Waals surface area contributed by atoms with Crippen LogP contribution in [0, 0.1) is 18.7 Å². The van der Waals surface area contributed by atoms with Gasteiger partial charge in [-0.05, 0) is 43.1 Å². The lowest BCUT2D eigenvalue weighted by atomic mass is 10.1. The number of hydrogen-bond donors (Lipinski definition) is 1. The molecule has 0 amide bonds. The van der Waals surface area contributed by atoms with Gasteiger partial charge in [0.05, 0.1) is 5.69 Å². The second-order valence-corrected chi connectivity index (χ2v) is 5.36. The van der Waals surface area contributed by atoms with Crippen LogP contribution < -0.4 is 5.32 Å². The molecule has 106 valence electrons. The van der Waals surface area contributed by atoms with E-state index in [-0.39, 0.29) is 5.82 Å². The Bertz CT molecular complexity index is 582. The Hall–Kier alpha value is -1.81. The van der Waals surface area contributed by atoms with Gasteiger partial charge in [0.2, 0.25) is 0 Å². The van der Waals surface area contributed by atoms with Gasteiger partial charge in [0, 0.05) is 18.3 Å². The van der Waals surface area contributed by atoms with Crippen molar-refractivity contribution in [2.45, 2.75) is 27.3 Å². The van der Waals surface area contributed by atoms with Crippen molar-refractivity contribution < 1.29 is 4.39 Å². The average Bonchev–Trinajstić information content (AvgIpc) is 2.41. The first-order valence-electron chi connectivity index (χ1n) is 6.85. The summed E-state index contributed by atoms with van der Waals surface area (Å²) < 4.78 is 13.4. The third-order valence-electron chi connectivity index (χ3n) is 3.01. The van der Waals surface area contributed by atoms with E-state index in [1.165, 1.54) is 12.1 Å². The van der Waals surface area contributed by atoms with Gasteiger partial charge in [0.1, 0.15) is 5.82 Å². The minimum atomic E-state index is -0.266. The highest BCUT2D eigenvalue weighted by atomic mass is 19.1. The van der Waals surface area contributed by atoms with Crippen LogP contribution >= 0.6 is 0 Å². The SMILES string of the molecule is Cc1ccc(F)cc1-c1nccc(CNCC(C)C)n1. The Morgan fingerprint density at radius 1 is 1.25 bits per heavy atom. The van der Waals surface area contributed by atoms with E-state index in [9.17, 15) is 4.39 Å². The van der Waals surface area contributed by atoms with E-state index < -0.39 is 0 Å². The zero-order valence-corrected chi connectivity index (χ0v) is 12.2. The highest BCUT2D eigenvalue weighted by molar-refractivity contribution is 5.59. The molecule has 3 nitrogen and oxygen atoms in total. The number of aromatic nitrogens is 2. The average molecular weight is 273 g/mol. The molecule has 0 unspecified atom stereocenters. The summed E-state index contributed by atoms with van der Waals surface area (Å²) in [5, 5.41) is 3.34. The Morgan fingerprint density at radius 3 is 2.80 bits per heavy atom. The van der Waals surface area contributed by atoms with Crippen LogP contribution in [0.5, 0.6) is 0 Å². The summed E-state index contributed by atoms with van der Waals surface area (Å²) in [5.74, 6) is 0.908. The third kappa shape index (κ3) is 3.84. The van der Waals surface area contributed by atoms with Crippen molar-refractivity contribution >= 4 is 0 Å². The van der Waals surface area contributed by atoms with E-state index >= 15 is 0 Å². The Labute approximate surface area is 119 Å². The van der Waals surface area contributed by atoms with E-state index in [1.807, 2.05) is 13.0 Å².